The molecule has 1 aromatic carbocycles. The molecule has 0 saturated carbocycles. The molecule has 2 rings (SSSR count). The van der Waals surface area contributed by atoms with E-state index in [9.17, 15) is 0 Å². The average Bonchev–Trinajstić information content (AvgIpc) is 2.71. The van der Waals surface area contributed by atoms with Gasteiger partial charge >= 0.3 is 0 Å². The van der Waals surface area contributed by atoms with Crippen LogP contribution in [0, 0.1) is 18.3 Å². The largest absolute Gasteiger partial charge is 0.364 e. The van der Waals surface area contributed by atoms with Gasteiger partial charge < -0.3 is 4.90 Å². The molecule has 0 spiro atoms. The maximum absolute atomic E-state index is 8.81. The third-order valence-electron chi connectivity index (χ3n) is 2.50. The van der Waals surface area contributed by atoms with Crippen molar-refractivity contribution in [1.29, 1.82) is 5.26 Å². The van der Waals surface area contributed by atoms with E-state index in [1.807, 2.05) is 18.2 Å². The van der Waals surface area contributed by atoms with E-state index >= 15 is 0 Å². The maximum Gasteiger partial charge on any atom is 0.0992 e. The van der Waals surface area contributed by atoms with Gasteiger partial charge in [0.25, 0.3) is 0 Å². The Morgan fingerprint density at radius 2 is 2.00 bits per heavy atom. The highest BCUT2D eigenvalue weighted by Crippen LogP contribution is 2.22. The second-order valence-electron chi connectivity index (χ2n) is 3.49. The Morgan fingerprint density at radius 3 is 2.64 bits per heavy atom. The molecule has 0 radical (unpaired) electrons. The lowest BCUT2D eigenvalue weighted by Crippen LogP contribution is -2.19. The van der Waals surface area contributed by atoms with Gasteiger partial charge in [0.05, 0.1) is 11.6 Å². The molecule has 1 aliphatic heterocycles. The van der Waals surface area contributed by atoms with Crippen LogP contribution in [0.25, 0.3) is 0 Å². The van der Waals surface area contributed by atoms with Crippen LogP contribution in [0.1, 0.15) is 11.1 Å². The minimum atomic E-state index is 0.734. The van der Waals surface area contributed by atoms with Crippen LogP contribution in [0.5, 0.6) is 0 Å². The first kappa shape index (κ1) is 8.83. The van der Waals surface area contributed by atoms with Crippen molar-refractivity contribution < 1.29 is 0 Å². The van der Waals surface area contributed by atoms with Crippen LogP contribution in [-0.2, 0) is 0 Å². The number of anilines is 1. The Hall–Kier alpha value is -1.75. The number of nitrogens with zero attached hydrogens (tertiary/aromatic N) is 2. The predicted molar refractivity (Wildman–Crippen MR) is 57.2 cm³/mol. The van der Waals surface area contributed by atoms with Gasteiger partial charge in [0.1, 0.15) is 0 Å². The van der Waals surface area contributed by atoms with Crippen LogP contribution < -0.4 is 4.90 Å². The summed E-state index contributed by atoms with van der Waals surface area (Å²) in [5.74, 6) is 0. The van der Waals surface area contributed by atoms with Crippen LogP contribution in [-0.4, -0.2) is 13.1 Å². The molecule has 14 heavy (non-hydrogen) atoms. The van der Waals surface area contributed by atoms with Crippen LogP contribution in [0.15, 0.2) is 30.4 Å². The lowest BCUT2D eigenvalue weighted by molar-refractivity contribution is 0.997. The number of benzene rings is 1. The number of aryl methyl sites for hydroxylation is 1. The molecular formula is C12H12N2. The topological polar surface area (TPSA) is 27.0 Å². The van der Waals surface area contributed by atoms with Gasteiger partial charge in [-0.3, -0.25) is 0 Å². The Kier molecular flexibility index (Phi) is 2.24. The van der Waals surface area contributed by atoms with E-state index in [0.29, 0.717) is 0 Å². The fourth-order valence-electron chi connectivity index (χ4n) is 1.69. The normalized spacial score (nSPS) is 14.4. The SMILES string of the molecule is Cc1ccc(C#N)cc1N1CC=CC1. The average molecular weight is 184 g/mol. The lowest BCUT2D eigenvalue weighted by atomic mass is 10.1. The van der Waals surface area contributed by atoms with Crippen LogP contribution >= 0.6 is 0 Å². The first-order chi connectivity index (χ1) is 6.81. The highest BCUT2D eigenvalue weighted by Gasteiger charge is 2.10. The van der Waals surface area contributed by atoms with E-state index < -0.39 is 0 Å². The van der Waals surface area contributed by atoms with Gasteiger partial charge in [0, 0.05) is 18.8 Å². The summed E-state index contributed by atoms with van der Waals surface area (Å²) in [6, 6.07) is 8.00. The molecule has 0 amide bonds. The molecule has 0 saturated heterocycles. The van der Waals surface area contributed by atoms with Gasteiger partial charge in [-0.25, -0.2) is 0 Å². The van der Waals surface area contributed by atoms with Gasteiger partial charge in [0.15, 0.2) is 0 Å². The van der Waals surface area contributed by atoms with E-state index in [-0.39, 0.29) is 0 Å². The zero-order chi connectivity index (χ0) is 9.97. The minimum absolute atomic E-state index is 0.734. The number of nitriles is 1. The van der Waals surface area contributed by atoms with Crippen molar-refractivity contribution in [3.8, 4) is 6.07 Å². The molecule has 0 unspecified atom stereocenters. The summed E-state index contributed by atoms with van der Waals surface area (Å²) in [4.78, 5) is 2.26. The van der Waals surface area contributed by atoms with Crippen molar-refractivity contribution >= 4 is 5.69 Å². The van der Waals surface area contributed by atoms with Gasteiger partial charge in [-0.2, -0.15) is 5.26 Å². The Balaban J connectivity index is 2.36. The van der Waals surface area contributed by atoms with E-state index in [4.69, 9.17) is 5.26 Å². The summed E-state index contributed by atoms with van der Waals surface area (Å²) in [7, 11) is 0. The second kappa shape index (κ2) is 3.55. The van der Waals surface area contributed by atoms with Crippen molar-refractivity contribution in [3.63, 3.8) is 0 Å². The molecule has 0 atom stereocenters. The number of hydrogen-bond donors (Lipinski definition) is 0. The standard InChI is InChI=1S/C12H12N2/c1-10-4-5-11(9-13)8-12(10)14-6-2-3-7-14/h2-5,8H,6-7H2,1H3. The van der Waals surface area contributed by atoms with Crippen LogP contribution in [0.3, 0.4) is 0 Å². The second-order valence-corrected chi connectivity index (χ2v) is 3.49. The monoisotopic (exact) mass is 184 g/mol. The van der Waals surface area contributed by atoms with Crippen molar-refractivity contribution in [1.82, 2.24) is 0 Å². The smallest absolute Gasteiger partial charge is 0.0992 e. The highest BCUT2D eigenvalue weighted by atomic mass is 15.1. The predicted octanol–water partition coefficient (Wildman–Crippen LogP) is 2.24. The molecular weight excluding hydrogens is 172 g/mol. The summed E-state index contributed by atoms with van der Waals surface area (Å²) < 4.78 is 0. The summed E-state index contributed by atoms with van der Waals surface area (Å²) in [5, 5.41) is 8.81. The molecule has 0 aromatic heterocycles. The fourth-order valence-corrected chi connectivity index (χ4v) is 1.69. The van der Waals surface area contributed by atoms with Gasteiger partial charge in [-0.15, -0.1) is 0 Å². The van der Waals surface area contributed by atoms with E-state index in [0.717, 1.165) is 18.7 Å². The molecule has 1 aromatic rings. The third kappa shape index (κ3) is 1.49. The molecule has 2 heteroatoms. The molecule has 0 N–H and O–H groups in total. The molecule has 2 nitrogen and oxygen atoms in total. The number of rotatable bonds is 1. The van der Waals surface area contributed by atoms with Crippen LogP contribution in [0.2, 0.25) is 0 Å². The highest BCUT2D eigenvalue weighted by molar-refractivity contribution is 5.58. The first-order valence-electron chi connectivity index (χ1n) is 4.72. The maximum atomic E-state index is 8.81. The van der Waals surface area contributed by atoms with Crippen molar-refractivity contribution in [2.24, 2.45) is 0 Å². The van der Waals surface area contributed by atoms with Gasteiger partial charge in [-0.05, 0) is 24.6 Å². The summed E-state index contributed by atoms with van der Waals surface area (Å²) in [6.07, 6.45) is 4.30. The molecule has 1 aliphatic rings. The minimum Gasteiger partial charge on any atom is -0.364 e. The molecule has 0 aliphatic carbocycles. The molecule has 70 valence electrons. The fraction of sp³-hybridized carbons (Fsp3) is 0.250. The van der Waals surface area contributed by atoms with E-state index in [1.54, 1.807) is 0 Å². The summed E-state index contributed by atoms with van der Waals surface area (Å²) in [6.45, 7) is 3.99. The van der Waals surface area contributed by atoms with Gasteiger partial charge in [-0.1, -0.05) is 18.2 Å². The van der Waals surface area contributed by atoms with Crippen molar-refractivity contribution in [3.05, 3.63) is 41.5 Å². The Labute approximate surface area is 84.1 Å². The summed E-state index contributed by atoms with van der Waals surface area (Å²) >= 11 is 0. The van der Waals surface area contributed by atoms with Crippen LogP contribution in [0.4, 0.5) is 5.69 Å². The van der Waals surface area contributed by atoms with Crippen molar-refractivity contribution in [2.75, 3.05) is 18.0 Å². The Morgan fingerprint density at radius 1 is 1.29 bits per heavy atom. The molecule has 1 heterocycles. The Bertz CT molecular complexity index is 405. The zero-order valence-electron chi connectivity index (χ0n) is 8.20. The molecule has 0 bridgehead atoms. The number of hydrogen-bond acceptors (Lipinski definition) is 2. The van der Waals surface area contributed by atoms with Crippen molar-refractivity contribution in [2.45, 2.75) is 6.92 Å². The van der Waals surface area contributed by atoms with E-state index in [1.165, 1.54) is 11.3 Å². The van der Waals surface area contributed by atoms with Gasteiger partial charge in [0.2, 0.25) is 0 Å². The molecule has 0 fully saturated rings. The lowest BCUT2D eigenvalue weighted by Gasteiger charge is -2.20. The third-order valence-corrected chi connectivity index (χ3v) is 2.50. The first-order valence-corrected chi connectivity index (χ1v) is 4.72. The zero-order valence-corrected chi connectivity index (χ0v) is 8.20. The quantitative estimate of drug-likeness (QED) is 0.626. The van der Waals surface area contributed by atoms with E-state index in [2.05, 4.69) is 30.0 Å². The summed E-state index contributed by atoms with van der Waals surface area (Å²) in [5.41, 5.74) is 3.14.